The molecule has 0 atom stereocenters. The van der Waals surface area contributed by atoms with E-state index in [1.807, 2.05) is 49.4 Å². The van der Waals surface area contributed by atoms with Gasteiger partial charge in [0.15, 0.2) is 0 Å². The van der Waals surface area contributed by atoms with Gasteiger partial charge in [-0.15, -0.1) is 0 Å². The van der Waals surface area contributed by atoms with Crippen molar-refractivity contribution < 1.29 is 8.42 Å². The third-order valence-electron chi connectivity index (χ3n) is 4.72. The van der Waals surface area contributed by atoms with Crippen LogP contribution in [0.15, 0.2) is 82.5 Å². The largest absolute Gasteiger partial charge is 0.272 e. The van der Waals surface area contributed by atoms with Crippen molar-refractivity contribution in [3.8, 4) is 11.3 Å². The van der Waals surface area contributed by atoms with Crippen LogP contribution in [-0.4, -0.2) is 18.6 Å². The smallest absolute Gasteiger partial charge is 0.267 e. The fourth-order valence-electron chi connectivity index (χ4n) is 3.09. The zero-order chi connectivity index (χ0) is 20.4. The number of rotatable bonds is 5. The van der Waals surface area contributed by atoms with Crippen LogP contribution in [0.5, 0.6) is 0 Å². The number of hydrogen-bond donors (Lipinski definition) is 2. The van der Waals surface area contributed by atoms with Crippen molar-refractivity contribution >= 4 is 20.8 Å². The van der Waals surface area contributed by atoms with Crippen LogP contribution in [0.2, 0.25) is 0 Å². The molecule has 0 fully saturated rings. The Bertz CT molecular complexity index is 1330. The molecule has 6 nitrogen and oxygen atoms in total. The minimum atomic E-state index is -3.57. The van der Waals surface area contributed by atoms with Gasteiger partial charge in [-0.05, 0) is 30.7 Å². The third kappa shape index (κ3) is 3.96. The zero-order valence-corrected chi connectivity index (χ0v) is 16.5. The van der Waals surface area contributed by atoms with Crippen LogP contribution in [0.4, 0.5) is 0 Å². The van der Waals surface area contributed by atoms with E-state index in [2.05, 4.69) is 14.9 Å². The van der Waals surface area contributed by atoms with E-state index in [1.165, 1.54) is 0 Å². The van der Waals surface area contributed by atoms with Crippen LogP contribution in [0.25, 0.3) is 22.0 Å². The summed E-state index contributed by atoms with van der Waals surface area (Å²) in [6.07, 6.45) is 0. The minimum Gasteiger partial charge on any atom is -0.267 e. The summed E-state index contributed by atoms with van der Waals surface area (Å²) in [4.78, 5) is 12.2. The third-order valence-corrected chi connectivity index (χ3v) is 6.14. The maximum atomic E-state index is 12.4. The quantitative estimate of drug-likeness (QED) is 0.532. The highest BCUT2D eigenvalue weighted by Crippen LogP contribution is 2.24. The van der Waals surface area contributed by atoms with Crippen LogP contribution in [0.1, 0.15) is 11.1 Å². The molecule has 7 heteroatoms. The summed E-state index contributed by atoms with van der Waals surface area (Å²) in [6.45, 7) is 2.09. The molecular formula is C22H19N3O3S. The normalized spacial score (nSPS) is 11.6. The first-order chi connectivity index (χ1) is 13.9. The number of sulfonamides is 1. The molecule has 0 saturated heterocycles. The molecule has 0 spiro atoms. The standard InChI is InChI=1S/C22H19N3O3S/c1-15-6-12-18(13-7-15)29(27,28)23-14-16-8-10-17(11-9-16)21-19-4-2-3-5-20(19)22(26)25-24-21/h2-13,23H,14H2,1H3,(H,25,26). The highest BCUT2D eigenvalue weighted by molar-refractivity contribution is 7.89. The van der Waals surface area contributed by atoms with Gasteiger partial charge in [-0.2, -0.15) is 5.10 Å². The van der Waals surface area contributed by atoms with Crippen LogP contribution in [0.3, 0.4) is 0 Å². The van der Waals surface area contributed by atoms with Gasteiger partial charge in [0.2, 0.25) is 10.0 Å². The van der Waals surface area contributed by atoms with Crippen LogP contribution in [-0.2, 0) is 16.6 Å². The Morgan fingerprint density at radius 2 is 1.55 bits per heavy atom. The fourth-order valence-corrected chi connectivity index (χ4v) is 4.11. The van der Waals surface area contributed by atoms with Gasteiger partial charge in [-0.25, -0.2) is 18.2 Å². The number of nitrogens with one attached hydrogen (secondary N) is 2. The SMILES string of the molecule is Cc1ccc(S(=O)(=O)NCc2ccc(-c3n[nH]c(=O)c4ccccc34)cc2)cc1. The Hall–Kier alpha value is -3.29. The molecule has 3 aromatic carbocycles. The molecule has 1 heterocycles. The maximum Gasteiger partial charge on any atom is 0.272 e. The average Bonchev–Trinajstić information content (AvgIpc) is 2.74. The van der Waals surface area contributed by atoms with Crippen molar-refractivity contribution in [3.63, 3.8) is 0 Å². The minimum absolute atomic E-state index is 0.177. The molecule has 0 amide bonds. The summed E-state index contributed by atoms with van der Waals surface area (Å²) < 4.78 is 27.5. The van der Waals surface area contributed by atoms with Gasteiger partial charge in [0.1, 0.15) is 0 Å². The Balaban J connectivity index is 1.55. The van der Waals surface area contributed by atoms with E-state index in [9.17, 15) is 13.2 Å². The van der Waals surface area contributed by atoms with E-state index in [1.54, 1.807) is 30.3 Å². The number of fused-ring (bicyclic) bond motifs is 1. The van der Waals surface area contributed by atoms with Gasteiger partial charge < -0.3 is 0 Å². The van der Waals surface area contributed by atoms with Crippen LogP contribution >= 0.6 is 0 Å². The summed E-state index contributed by atoms with van der Waals surface area (Å²) in [5.74, 6) is 0. The van der Waals surface area contributed by atoms with Crippen molar-refractivity contribution in [1.29, 1.82) is 0 Å². The molecule has 0 aliphatic carbocycles. The van der Waals surface area contributed by atoms with Gasteiger partial charge >= 0.3 is 0 Å². The van der Waals surface area contributed by atoms with Gasteiger partial charge in [0, 0.05) is 17.5 Å². The molecular weight excluding hydrogens is 386 g/mol. The molecule has 29 heavy (non-hydrogen) atoms. The van der Waals surface area contributed by atoms with Gasteiger partial charge in [-0.1, -0.05) is 60.2 Å². The molecule has 0 unspecified atom stereocenters. The molecule has 4 aromatic rings. The second kappa shape index (κ2) is 7.62. The highest BCUT2D eigenvalue weighted by atomic mass is 32.2. The van der Waals surface area contributed by atoms with E-state index in [4.69, 9.17) is 0 Å². The second-order valence-corrected chi connectivity index (χ2v) is 8.55. The van der Waals surface area contributed by atoms with Crippen molar-refractivity contribution in [2.24, 2.45) is 0 Å². The number of aromatic amines is 1. The molecule has 4 rings (SSSR count). The summed E-state index contributed by atoms with van der Waals surface area (Å²) in [7, 11) is -3.57. The number of aromatic nitrogens is 2. The molecule has 2 N–H and O–H groups in total. The zero-order valence-electron chi connectivity index (χ0n) is 15.7. The van der Waals surface area contributed by atoms with E-state index in [-0.39, 0.29) is 17.0 Å². The molecule has 0 aliphatic rings. The Kier molecular flexibility index (Phi) is 5.00. The molecule has 146 valence electrons. The summed E-state index contributed by atoms with van der Waals surface area (Å²) in [5.41, 5.74) is 3.10. The molecule has 0 aliphatic heterocycles. The highest BCUT2D eigenvalue weighted by Gasteiger charge is 2.13. The second-order valence-electron chi connectivity index (χ2n) is 6.78. The number of nitrogens with zero attached hydrogens (tertiary/aromatic N) is 1. The summed E-state index contributed by atoms with van der Waals surface area (Å²) >= 11 is 0. The lowest BCUT2D eigenvalue weighted by molar-refractivity contribution is 0.581. The van der Waals surface area contributed by atoms with E-state index in [0.29, 0.717) is 11.1 Å². The van der Waals surface area contributed by atoms with E-state index in [0.717, 1.165) is 22.1 Å². The average molecular weight is 405 g/mol. The first-order valence-electron chi connectivity index (χ1n) is 9.07. The molecule has 1 aromatic heterocycles. The predicted octanol–water partition coefficient (Wildman–Crippen LogP) is 3.38. The lowest BCUT2D eigenvalue weighted by Crippen LogP contribution is -2.23. The van der Waals surface area contributed by atoms with Gasteiger partial charge in [0.05, 0.1) is 16.0 Å². The Morgan fingerprint density at radius 1 is 0.897 bits per heavy atom. The van der Waals surface area contributed by atoms with Crippen molar-refractivity contribution in [2.45, 2.75) is 18.4 Å². The molecule has 0 radical (unpaired) electrons. The summed E-state index contributed by atoms with van der Waals surface area (Å²) in [5, 5.41) is 8.06. The van der Waals surface area contributed by atoms with Crippen molar-refractivity contribution in [1.82, 2.24) is 14.9 Å². The Labute approximate surface area is 168 Å². The number of aryl methyl sites for hydroxylation is 1. The topological polar surface area (TPSA) is 91.9 Å². The lowest BCUT2D eigenvalue weighted by Gasteiger charge is -2.09. The number of H-pyrrole nitrogens is 1. The lowest BCUT2D eigenvalue weighted by atomic mass is 10.0. The Morgan fingerprint density at radius 3 is 2.24 bits per heavy atom. The monoisotopic (exact) mass is 405 g/mol. The van der Waals surface area contributed by atoms with Crippen LogP contribution in [0, 0.1) is 6.92 Å². The fraction of sp³-hybridized carbons (Fsp3) is 0.0909. The first-order valence-corrected chi connectivity index (χ1v) is 10.6. The van der Waals surface area contributed by atoms with Gasteiger partial charge in [-0.3, -0.25) is 4.79 Å². The summed E-state index contributed by atoms with van der Waals surface area (Å²) in [6, 6.07) is 21.4. The molecule has 0 bridgehead atoms. The first kappa shape index (κ1) is 19.0. The molecule has 0 saturated carbocycles. The van der Waals surface area contributed by atoms with E-state index < -0.39 is 10.0 Å². The van der Waals surface area contributed by atoms with Crippen LogP contribution < -0.4 is 10.3 Å². The van der Waals surface area contributed by atoms with Crippen molar-refractivity contribution in [3.05, 3.63) is 94.3 Å². The maximum absolute atomic E-state index is 12.4. The van der Waals surface area contributed by atoms with Crippen molar-refractivity contribution in [2.75, 3.05) is 0 Å². The van der Waals surface area contributed by atoms with Gasteiger partial charge in [0.25, 0.3) is 5.56 Å². The number of hydrogen-bond acceptors (Lipinski definition) is 4. The number of benzene rings is 3. The van der Waals surface area contributed by atoms with E-state index >= 15 is 0 Å². The predicted molar refractivity (Wildman–Crippen MR) is 113 cm³/mol.